The first-order valence-corrected chi connectivity index (χ1v) is 14.0. The average Bonchev–Trinajstić information content (AvgIpc) is 2.88. The van der Waals surface area contributed by atoms with Gasteiger partial charge in [0.25, 0.3) is 5.60 Å². The zero-order valence-electron chi connectivity index (χ0n) is 24.0. The first-order valence-electron chi connectivity index (χ1n) is 14.0. The van der Waals surface area contributed by atoms with E-state index in [4.69, 9.17) is 4.74 Å². The Bertz CT molecular complexity index is 941. The molecule has 0 saturated heterocycles. The van der Waals surface area contributed by atoms with Crippen molar-refractivity contribution in [3.05, 3.63) is 0 Å². The molecule has 0 spiro atoms. The standard InChI is InChI=1S/C26H33F15O4/c1-3-19(2,22(27,28)29)18(42)45-21(25(36,37)38,26(39,40)41)17-11-9-16(10-12-17)20(23(30,31)32,24(33,34)35)44-14-43-13-15-7-5-4-6-8-15/h15-17H,3-14H2,1-2H3. The maximum absolute atomic E-state index is 14.2. The summed E-state index contributed by atoms with van der Waals surface area (Å²) in [6, 6.07) is 0. The molecule has 4 nitrogen and oxygen atoms in total. The van der Waals surface area contributed by atoms with Crippen LogP contribution in [-0.2, 0) is 19.0 Å². The lowest BCUT2D eigenvalue weighted by Gasteiger charge is -2.49. The first-order chi connectivity index (χ1) is 20.2. The number of halogens is 15. The van der Waals surface area contributed by atoms with E-state index >= 15 is 0 Å². The second-order valence-electron chi connectivity index (χ2n) is 11.7. The van der Waals surface area contributed by atoms with E-state index in [1.54, 1.807) is 0 Å². The third-order valence-corrected chi connectivity index (χ3v) is 9.05. The van der Waals surface area contributed by atoms with Crippen LogP contribution in [0.4, 0.5) is 65.9 Å². The lowest BCUT2D eigenvalue weighted by atomic mass is 9.67. The number of hydrogen-bond acceptors (Lipinski definition) is 4. The fourth-order valence-electron chi connectivity index (χ4n) is 6.06. The van der Waals surface area contributed by atoms with Gasteiger partial charge in [0.15, 0.2) is 5.41 Å². The van der Waals surface area contributed by atoms with Crippen molar-refractivity contribution >= 4 is 5.97 Å². The Balaban J connectivity index is 2.45. The molecule has 0 radical (unpaired) electrons. The molecule has 0 amide bonds. The molecule has 19 heteroatoms. The minimum Gasteiger partial charge on any atom is -0.438 e. The Morgan fingerprint density at radius 3 is 1.36 bits per heavy atom. The predicted molar refractivity (Wildman–Crippen MR) is 124 cm³/mol. The maximum atomic E-state index is 14.2. The molecule has 266 valence electrons. The quantitative estimate of drug-likeness (QED) is 0.0990. The minimum absolute atomic E-state index is 0.00155. The van der Waals surface area contributed by atoms with E-state index in [0.29, 0.717) is 19.8 Å². The zero-order valence-corrected chi connectivity index (χ0v) is 24.0. The molecular weight excluding hydrogens is 661 g/mol. The number of ether oxygens (including phenoxy) is 3. The third-order valence-electron chi connectivity index (χ3n) is 9.05. The maximum Gasteiger partial charge on any atom is 0.437 e. The highest BCUT2D eigenvalue weighted by molar-refractivity contribution is 5.78. The molecule has 45 heavy (non-hydrogen) atoms. The van der Waals surface area contributed by atoms with Gasteiger partial charge in [-0.25, -0.2) is 0 Å². The van der Waals surface area contributed by atoms with Crippen molar-refractivity contribution < 1.29 is 84.9 Å². The highest BCUT2D eigenvalue weighted by Crippen LogP contribution is 2.60. The van der Waals surface area contributed by atoms with E-state index in [-0.39, 0.29) is 19.4 Å². The summed E-state index contributed by atoms with van der Waals surface area (Å²) in [5.74, 6) is -9.00. The molecule has 0 bridgehead atoms. The van der Waals surface area contributed by atoms with Gasteiger partial charge >= 0.3 is 42.5 Å². The average molecular weight is 695 g/mol. The van der Waals surface area contributed by atoms with Crippen LogP contribution in [0.5, 0.6) is 0 Å². The van der Waals surface area contributed by atoms with Gasteiger partial charge in [-0.1, -0.05) is 26.2 Å². The second-order valence-corrected chi connectivity index (χ2v) is 11.7. The number of carbonyl (C=O) groups excluding carboxylic acids is 1. The fraction of sp³-hybridized carbons (Fsp3) is 0.962. The molecule has 2 aliphatic carbocycles. The topological polar surface area (TPSA) is 44.8 Å². The van der Waals surface area contributed by atoms with Crippen molar-refractivity contribution in [2.24, 2.45) is 23.2 Å². The monoisotopic (exact) mass is 694 g/mol. The van der Waals surface area contributed by atoms with Crippen LogP contribution >= 0.6 is 0 Å². The minimum atomic E-state index is -6.67. The van der Waals surface area contributed by atoms with Gasteiger partial charge in [-0.2, -0.15) is 65.9 Å². The van der Waals surface area contributed by atoms with Crippen LogP contribution in [0.1, 0.15) is 78.1 Å². The van der Waals surface area contributed by atoms with Crippen molar-refractivity contribution in [3.63, 3.8) is 0 Å². The van der Waals surface area contributed by atoms with Crippen LogP contribution in [0.15, 0.2) is 0 Å². The van der Waals surface area contributed by atoms with E-state index < -0.39 is 104 Å². The van der Waals surface area contributed by atoms with Gasteiger partial charge in [0, 0.05) is 11.8 Å². The molecule has 0 aromatic rings. The van der Waals surface area contributed by atoms with Crippen LogP contribution in [0, 0.1) is 23.2 Å². The Hall–Kier alpha value is -1.66. The summed E-state index contributed by atoms with van der Waals surface area (Å²) in [6.45, 7) is -1.17. The van der Waals surface area contributed by atoms with Crippen LogP contribution in [0.25, 0.3) is 0 Å². The van der Waals surface area contributed by atoms with E-state index in [2.05, 4.69) is 9.47 Å². The van der Waals surface area contributed by atoms with E-state index in [0.717, 1.165) is 19.3 Å². The second kappa shape index (κ2) is 13.5. The molecule has 0 aliphatic heterocycles. The predicted octanol–water partition coefficient (Wildman–Crippen LogP) is 9.61. The zero-order chi connectivity index (χ0) is 34.9. The Morgan fingerprint density at radius 1 is 0.600 bits per heavy atom. The molecule has 0 heterocycles. The number of alkyl halides is 15. The van der Waals surface area contributed by atoms with Gasteiger partial charge in [0.05, 0.1) is 6.61 Å². The van der Waals surface area contributed by atoms with E-state index in [1.807, 2.05) is 0 Å². The van der Waals surface area contributed by atoms with Gasteiger partial charge < -0.3 is 14.2 Å². The van der Waals surface area contributed by atoms with Crippen molar-refractivity contribution in [2.45, 2.75) is 120 Å². The molecule has 2 fully saturated rings. The molecule has 2 saturated carbocycles. The smallest absolute Gasteiger partial charge is 0.437 e. The van der Waals surface area contributed by atoms with E-state index in [9.17, 15) is 70.7 Å². The van der Waals surface area contributed by atoms with Crippen LogP contribution in [0.2, 0.25) is 0 Å². The lowest BCUT2D eigenvalue weighted by Crippen LogP contribution is -2.67. The van der Waals surface area contributed by atoms with Gasteiger partial charge in [-0.05, 0) is 57.8 Å². The van der Waals surface area contributed by atoms with Crippen LogP contribution in [0.3, 0.4) is 0 Å². The van der Waals surface area contributed by atoms with E-state index in [1.165, 1.54) is 0 Å². The van der Waals surface area contributed by atoms with Gasteiger partial charge in [0.1, 0.15) is 6.79 Å². The molecule has 1 unspecified atom stereocenters. The van der Waals surface area contributed by atoms with Gasteiger partial charge in [-0.15, -0.1) is 0 Å². The normalized spacial score (nSPS) is 23.5. The number of esters is 1. The van der Waals surface area contributed by atoms with Gasteiger partial charge in [-0.3, -0.25) is 4.79 Å². The molecular formula is C26H33F15O4. The summed E-state index contributed by atoms with van der Waals surface area (Å²) in [5.41, 5.74) is -14.6. The summed E-state index contributed by atoms with van der Waals surface area (Å²) >= 11 is 0. The number of hydrogen-bond donors (Lipinski definition) is 0. The third kappa shape index (κ3) is 7.58. The van der Waals surface area contributed by atoms with Crippen molar-refractivity contribution in [1.82, 2.24) is 0 Å². The highest BCUT2D eigenvalue weighted by atomic mass is 19.4. The molecule has 2 aliphatic rings. The first kappa shape index (κ1) is 39.5. The van der Waals surface area contributed by atoms with Crippen molar-refractivity contribution in [3.8, 4) is 0 Å². The Labute approximate surface area is 248 Å². The number of rotatable bonds is 10. The summed E-state index contributed by atoms with van der Waals surface area (Å²) in [6.07, 6.45) is -36.0. The summed E-state index contributed by atoms with van der Waals surface area (Å²) in [5, 5.41) is 0. The van der Waals surface area contributed by atoms with Crippen molar-refractivity contribution in [2.75, 3.05) is 13.4 Å². The molecule has 0 aromatic heterocycles. The van der Waals surface area contributed by atoms with Crippen molar-refractivity contribution in [1.29, 1.82) is 0 Å². The number of carbonyl (C=O) groups is 1. The fourth-order valence-corrected chi connectivity index (χ4v) is 6.06. The molecule has 1 atom stereocenters. The molecule has 0 aromatic carbocycles. The molecule has 0 N–H and O–H groups in total. The van der Waals surface area contributed by atoms with Crippen LogP contribution in [-0.4, -0.2) is 61.5 Å². The van der Waals surface area contributed by atoms with Gasteiger partial charge in [0.2, 0.25) is 0 Å². The van der Waals surface area contributed by atoms with Crippen LogP contribution < -0.4 is 0 Å². The summed E-state index contributed by atoms with van der Waals surface area (Å²) in [4.78, 5) is 12.4. The lowest BCUT2D eigenvalue weighted by molar-refractivity contribution is -0.416. The largest absolute Gasteiger partial charge is 0.438 e. The highest BCUT2D eigenvalue weighted by Gasteiger charge is 2.80. The summed E-state index contributed by atoms with van der Waals surface area (Å²) < 4.78 is 224. The SMILES string of the molecule is CCC(C)(C(=O)OC(C1CCC(C(OCOCC2CCCCC2)(C(F)(F)F)C(F)(F)F)CC1)(C(F)(F)F)C(F)(F)F)C(F)(F)F. The Kier molecular flexibility index (Phi) is 11.8. The Morgan fingerprint density at radius 2 is 1.00 bits per heavy atom. The molecule has 2 rings (SSSR count). The summed E-state index contributed by atoms with van der Waals surface area (Å²) in [7, 11) is 0.